The van der Waals surface area contributed by atoms with Gasteiger partial charge in [0.2, 0.25) is 0 Å². The van der Waals surface area contributed by atoms with Crippen LogP contribution in [-0.2, 0) is 11.0 Å². The Morgan fingerprint density at radius 1 is 0.375 bits per heavy atom. The summed E-state index contributed by atoms with van der Waals surface area (Å²) in [5.74, 6) is 0. The van der Waals surface area contributed by atoms with Crippen LogP contribution in [0.1, 0.15) is 38.9 Å². The van der Waals surface area contributed by atoms with E-state index in [1.807, 2.05) is 60.7 Å². The maximum atomic E-state index is 13.2. The van der Waals surface area contributed by atoms with Gasteiger partial charge in [0, 0.05) is 16.9 Å². The lowest BCUT2D eigenvalue weighted by atomic mass is 9.57. The van der Waals surface area contributed by atoms with E-state index in [4.69, 9.17) is 0 Å². The first-order valence-corrected chi connectivity index (χ1v) is 13.8. The zero-order valence-corrected chi connectivity index (χ0v) is 21.9. The first-order valence-electron chi connectivity index (χ1n) is 13.8. The van der Waals surface area contributed by atoms with Gasteiger partial charge in [0.05, 0.1) is 5.41 Å². The molecule has 0 heterocycles. The number of aliphatic hydroxyl groups is 1. The molecule has 1 spiro atoms. The largest absolute Gasteiger partial charge is 0.376 e. The molecule has 0 bridgehead atoms. The van der Waals surface area contributed by atoms with E-state index < -0.39 is 11.0 Å². The monoisotopic (exact) mass is 513 g/mol. The third-order valence-electron chi connectivity index (χ3n) is 8.76. The van der Waals surface area contributed by atoms with Crippen molar-refractivity contribution in [1.29, 1.82) is 0 Å². The molecule has 2 nitrogen and oxygen atoms in total. The molecule has 0 atom stereocenters. The van der Waals surface area contributed by atoms with Crippen LogP contribution in [0.5, 0.6) is 0 Å². The zero-order valence-electron chi connectivity index (χ0n) is 21.9. The Bertz CT molecular complexity index is 1810. The summed E-state index contributed by atoms with van der Waals surface area (Å²) in [6, 6.07) is 52.7. The minimum absolute atomic E-state index is 0.533. The molecule has 2 aliphatic rings. The molecule has 0 saturated heterocycles. The van der Waals surface area contributed by atoms with Crippen LogP contribution in [0, 0.1) is 0 Å². The summed E-state index contributed by atoms with van der Waals surface area (Å²) in [6.07, 6.45) is 0. The molecule has 0 saturated carbocycles. The molecule has 8 rings (SSSR count). The molecule has 190 valence electrons. The fraction of sp³-hybridized carbons (Fsp3) is 0.0526. The van der Waals surface area contributed by atoms with Gasteiger partial charge in [0.15, 0.2) is 0 Å². The number of fused-ring (bicyclic) bond motifs is 9. The van der Waals surface area contributed by atoms with Crippen LogP contribution in [0.15, 0.2) is 152 Å². The van der Waals surface area contributed by atoms with Crippen LogP contribution in [0.3, 0.4) is 0 Å². The van der Waals surface area contributed by atoms with E-state index in [9.17, 15) is 5.11 Å². The van der Waals surface area contributed by atoms with E-state index in [0.717, 1.165) is 39.2 Å². The maximum absolute atomic E-state index is 13.2. The minimum Gasteiger partial charge on any atom is -0.376 e. The van der Waals surface area contributed by atoms with E-state index in [1.54, 1.807) is 0 Å². The molecule has 0 amide bonds. The molecule has 0 radical (unpaired) electrons. The molecule has 0 aliphatic heterocycles. The molecule has 2 N–H and O–H groups in total. The number of nitrogens with one attached hydrogen (secondary N) is 1. The van der Waals surface area contributed by atoms with Gasteiger partial charge < -0.3 is 10.4 Å². The second-order valence-electron chi connectivity index (χ2n) is 10.7. The second kappa shape index (κ2) is 8.54. The highest BCUT2D eigenvalue weighted by Crippen LogP contribution is 2.62. The van der Waals surface area contributed by atoms with Gasteiger partial charge in [-0.15, -0.1) is 0 Å². The molecule has 40 heavy (non-hydrogen) atoms. The van der Waals surface area contributed by atoms with E-state index in [1.165, 1.54) is 22.3 Å². The van der Waals surface area contributed by atoms with Gasteiger partial charge in [-0.05, 0) is 62.7 Å². The zero-order chi connectivity index (χ0) is 26.7. The summed E-state index contributed by atoms with van der Waals surface area (Å²) >= 11 is 0. The molecule has 6 aromatic carbocycles. The van der Waals surface area contributed by atoms with Crippen LogP contribution in [0.2, 0.25) is 0 Å². The Labute approximate surface area is 234 Å². The molecule has 0 unspecified atom stereocenters. The van der Waals surface area contributed by atoms with E-state index in [0.29, 0.717) is 0 Å². The third-order valence-corrected chi connectivity index (χ3v) is 8.76. The number of benzene rings is 6. The topological polar surface area (TPSA) is 32.3 Å². The molecule has 2 heteroatoms. The van der Waals surface area contributed by atoms with E-state index >= 15 is 0 Å². The molecule has 6 aromatic rings. The Hall–Kier alpha value is -4.92. The summed E-state index contributed by atoms with van der Waals surface area (Å²) in [6.45, 7) is 0. The molecular formula is C38H27NO. The highest BCUT2D eigenvalue weighted by atomic mass is 16.3. The fourth-order valence-electron chi connectivity index (χ4n) is 7.23. The normalized spacial score (nSPS) is 15.0. The maximum Gasteiger partial charge on any atom is 0.143 e. The molecular weight excluding hydrogens is 486 g/mol. The van der Waals surface area contributed by atoms with Gasteiger partial charge in [0.25, 0.3) is 0 Å². The van der Waals surface area contributed by atoms with Gasteiger partial charge in [-0.3, -0.25) is 0 Å². The van der Waals surface area contributed by atoms with Crippen molar-refractivity contribution in [3.8, 4) is 11.1 Å². The predicted octanol–water partition coefficient (Wildman–Crippen LogP) is 8.39. The van der Waals surface area contributed by atoms with Crippen molar-refractivity contribution in [1.82, 2.24) is 0 Å². The molecule has 0 fully saturated rings. The Balaban J connectivity index is 1.47. The second-order valence-corrected chi connectivity index (χ2v) is 10.7. The molecule has 0 aromatic heterocycles. The standard InChI is InChI=1S/C38H27NO/c40-38(35-24-12-13-25-36(35)39-26-14-2-1-3-15-26)33-22-10-8-20-31(33)37(32-21-9-11-23-34(32)38)29-18-6-4-16-27(29)28-17-5-7-19-30(28)37/h1-25,39-40H. The average Bonchev–Trinajstić information content (AvgIpc) is 3.32. The van der Waals surface area contributed by atoms with Crippen LogP contribution in [-0.4, -0.2) is 5.11 Å². The molecule has 2 aliphatic carbocycles. The third kappa shape index (κ3) is 2.91. The van der Waals surface area contributed by atoms with Gasteiger partial charge in [-0.25, -0.2) is 0 Å². The quantitative estimate of drug-likeness (QED) is 0.249. The number of rotatable bonds is 3. The van der Waals surface area contributed by atoms with E-state index in [2.05, 4.69) is 96.3 Å². The summed E-state index contributed by atoms with van der Waals surface area (Å²) in [7, 11) is 0. The van der Waals surface area contributed by atoms with Crippen molar-refractivity contribution in [3.63, 3.8) is 0 Å². The van der Waals surface area contributed by atoms with E-state index in [-0.39, 0.29) is 0 Å². The van der Waals surface area contributed by atoms with Gasteiger partial charge in [0.1, 0.15) is 5.60 Å². The van der Waals surface area contributed by atoms with Crippen LogP contribution in [0.25, 0.3) is 11.1 Å². The SMILES string of the molecule is OC1(c2ccccc2Nc2ccccc2)c2ccccc2C2(c3ccccc3-c3ccccc32)c2ccccc21. The minimum atomic E-state index is -1.37. The smallest absolute Gasteiger partial charge is 0.143 e. The highest BCUT2D eigenvalue weighted by molar-refractivity contribution is 5.89. The number of anilines is 2. The number of hydrogen-bond donors (Lipinski definition) is 2. The lowest BCUT2D eigenvalue weighted by Gasteiger charge is -2.47. The predicted molar refractivity (Wildman–Crippen MR) is 162 cm³/mol. The van der Waals surface area contributed by atoms with Gasteiger partial charge >= 0.3 is 0 Å². The van der Waals surface area contributed by atoms with Crippen LogP contribution < -0.4 is 5.32 Å². The van der Waals surface area contributed by atoms with Crippen molar-refractivity contribution in [2.75, 3.05) is 5.32 Å². The Kier molecular flexibility index (Phi) is 4.91. The van der Waals surface area contributed by atoms with Gasteiger partial charge in [-0.2, -0.15) is 0 Å². The van der Waals surface area contributed by atoms with Crippen LogP contribution >= 0.6 is 0 Å². The lowest BCUT2D eigenvalue weighted by molar-refractivity contribution is 0.119. The average molecular weight is 514 g/mol. The Morgan fingerprint density at radius 2 is 0.775 bits per heavy atom. The summed E-state index contributed by atoms with van der Waals surface area (Å²) in [4.78, 5) is 0. The summed E-state index contributed by atoms with van der Waals surface area (Å²) in [5.41, 5.74) is 9.83. The van der Waals surface area contributed by atoms with Gasteiger partial charge in [-0.1, -0.05) is 133 Å². The first kappa shape index (κ1) is 23.0. The number of para-hydroxylation sites is 2. The fourth-order valence-corrected chi connectivity index (χ4v) is 7.23. The Morgan fingerprint density at radius 3 is 1.32 bits per heavy atom. The van der Waals surface area contributed by atoms with Crippen molar-refractivity contribution in [3.05, 3.63) is 191 Å². The van der Waals surface area contributed by atoms with Crippen molar-refractivity contribution < 1.29 is 5.11 Å². The lowest BCUT2D eigenvalue weighted by Crippen LogP contribution is -2.44. The highest BCUT2D eigenvalue weighted by Gasteiger charge is 2.55. The van der Waals surface area contributed by atoms with Crippen molar-refractivity contribution in [2.24, 2.45) is 0 Å². The number of hydrogen-bond acceptors (Lipinski definition) is 2. The van der Waals surface area contributed by atoms with Crippen molar-refractivity contribution >= 4 is 11.4 Å². The van der Waals surface area contributed by atoms with Crippen molar-refractivity contribution in [2.45, 2.75) is 11.0 Å². The first-order chi connectivity index (χ1) is 19.7. The summed E-state index contributed by atoms with van der Waals surface area (Å²) < 4.78 is 0. The van der Waals surface area contributed by atoms with Crippen LogP contribution in [0.4, 0.5) is 11.4 Å². The summed E-state index contributed by atoms with van der Waals surface area (Å²) in [5, 5.41) is 16.8.